The minimum Gasteiger partial charge on any atom is -0.506 e. The van der Waals surface area contributed by atoms with E-state index >= 15 is 0 Å². The first-order valence-corrected chi connectivity index (χ1v) is 7.85. The second kappa shape index (κ2) is 5.50. The van der Waals surface area contributed by atoms with E-state index in [2.05, 4.69) is 4.90 Å². The van der Waals surface area contributed by atoms with Crippen LogP contribution in [-0.4, -0.2) is 46.5 Å². The second-order valence-electron chi connectivity index (χ2n) is 6.20. The van der Waals surface area contributed by atoms with Gasteiger partial charge in [-0.05, 0) is 30.9 Å². The molecule has 1 amide bonds. The summed E-state index contributed by atoms with van der Waals surface area (Å²) in [6.07, 6.45) is 3.72. The highest BCUT2D eigenvalue weighted by atomic mass is 35.5. The number of aromatic hydroxyl groups is 1. The fourth-order valence-corrected chi connectivity index (χ4v) is 3.77. The van der Waals surface area contributed by atoms with E-state index in [-0.39, 0.29) is 17.2 Å². The summed E-state index contributed by atoms with van der Waals surface area (Å²) >= 11 is 6.15. The molecular formula is C16H21ClN2O2. The van der Waals surface area contributed by atoms with Crippen LogP contribution < -0.4 is 0 Å². The molecule has 0 bridgehead atoms. The third kappa shape index (κ3) is 2.62. The lowest BCUT2D eigenvalue weighted by atomic mass is 9.85. The zero-order valence-electron chi connectivity index (χ0n) is 12.3. The lowest BCUT2D eigenvalue weighted by Gasteiger charge is -2.43. The molecule has 5 heteroatoms. The van der Waals surface area contributed by atoms with Crippen LogP contribution >= 0.6 is 11.6 Å². The van der Waals surface area contributed by atoms with Gasteiger partial charge in [-0.2, -0.15) is 0 Å². The van der Waals surface area contributed by atoms with Gasteiger partial charge in [0.25, 0.3) is 0 Å². The van der Waals surface area contributed by atoms with Crippen LogP contribution in [0.2, 0.25) is 5.02 Å². The Hall–Kier alpha value is -1.26. The molecule has 0 atom stereocenters. The van der Waals surface area contributed by atoms with Crippen molar-refractivity contribution in [1.29, 1.82) is 0 Å². The van der Waals surface area contributed by atoms with Gasteiger partial charge in [0, 0.05) is 38.6 Å². The summed E-state index contributed by atoms with van der Waals surface area (Å²) in [5.74, 6) is 0.420. The molecule has 0 aliphatic carbocycles. The van der Waals surface area contributed by atoms with Crippen molar-refractivity contribution in [1.82, 2.24) is 9.80 Å². The first-order valence-electron chi connectivity index (χ1n) is 7.47. The van der Waals surface area contributed by atoms with E-state index in [9.17, 15) is 9.90 Å². The normalized spacial score (nSPS) is 22.2. The number of hydrogen-bond donors (Lipinski definition) is 1. The van der Waals surface area contributed by atoms with Crippen LogP contribution in [0.25, 0.3) is 0 Å². The largest absolute Gasteiger partial charge is 0.506 e. The lowest BCUT2D eigenvalue weighted by Crippen LogP contribution is -2.51. The molecule has 2 heterocycles. The number of halogens is 1. The number of amides is 1. The minimum atomic E-state index is 0.0796. The Morgan fingerprint density at radius 1 is 1.29 bits per heavy atom. The Kier molecular flexibility index (Phi) is 3.84. The molecule has 2 saturated heterocycles. The van der Waals surface area contributed by atoms with Crippen molar-refractivity contribution >= 4 is 17.5 Å². The molecule has 1 aromatic rings. The van der Waals surface area contributed by atoms with Crippen molar-refractivity contribution in [3.63, 3.8) is 0 Å². The predicted molar refractivity (Wildman–Crippen MR) is 82.4 cm³/mol. The van der Waals surface area contributed by atoms with E-state index in [0.29, 0.717) is 11.4 Å². The average Bonchev–Trinajstić information content (AvgIpc) is 2.75. The van der Waals surface area contributed by atoms with Crippen LogP contribution in [0.4, 0.5) is 0 Å². The molecule has 4 nitrogen and oxygen atoms in total. The van der Waals surface area contributed by atoms with Gasteiger partial charge < -0.3 is 10.0 Å². The highest BCUT2D eigenvalue weighted by Gasteiger charge is 2.44. The topological polar surface area (TPSA) is 43.8 Å². The van der Waals surface area contributed by atoms with Crippen molar-refractivity contribution in [3.05, 3.63) is 28.8 Å². The fourth-order valence-electron chi connectivity index (χ4n) is 3.58. The van der Waals surface area contributed by atoms with Crippen LogP contribution in [0.5, 0.6) is 5.75 Å². The molecule has 1 aromatic carbocycles. The van der Waals surface area contributed by atoms with Gasteiger partial charge in [0.2, 0.25) is 5.91 Å². The zero-order chi connectivity index (χ0) is 15.0. The minimum absolute atomic E-state index is 0.0796. The molecule has 0 unspecified atom stereocenters. The van der Waals surface area contributed by atoms with Crippen molar-refractivity contribution in [3.8, 4) is 5.75 Å². The molecule has 3 rings (SSSR count). The van der Waals surface area contributed by atoms with Gasteiger partial charge in [-0.1, -0.05) is 23.7 Å². The van der Waals surface area contributed by atoms with Crippen LogP contribution in [-0.2, 0) is 11.3 Å². The molecule has 0 saturated carbocycles. The monoisotopic (exact) mass is 308 g/mol. The molecular weight excluding hydrogens is 288 g/mol. The number of nitrogens with zero attached hydrogens (tertiary/aromatic N) is 2. The first-order chi connectivity index (χ1) is 10.0. The van der Waals surface area contributed by atoms with Crippen LogP contribution in [0.1, 0.15) is 31.2 Å². The van der Waals surface area contributed by atoms with Crippen LogP contribution in [0.3, 0.4) is 0 Å². The average molecular weight is 309 g/mol. The summed E-state index contributed by atoms with van der Waals surface area (Å²) in [6, 6.07) is 5.39. The maximum absolute atomic E-state index is 11.8. The molecule has 1 N–H and O–H groups in total. The molecule has 0 aromatic heterocycles. The van der Waals surface area contributed by atoms with Crippen molar-refractivity contribution in [2.24, 2.45) is 0 Å². The maximum atomic E-state index is 11.8. The van der Waals surface area contributed by atoms with Gasteiger partial charge in [-0.15, -0.1) is 0 Å². The number of benzene rings is 1. The second-order valence-corrected chi connectivity index (χ2v) is 6.58. The quantitative estimate of drug-likeness (QED) is 0.913. The summed E-state index contributed by atoms with van der Waals surface area (Å²) in [7, 11) is 1.94. The predicted octanol–water partition coefficient (Wildman–Crippen LogP) is 2.63. The van der Waals surface area contributed by atoms with E-state index in [4.69, 9.17) is 11.6 Å². The highest BCUT2D eigenvalue weighted by molar-refractivity contribution is 6.32. The number of hydrogen-bond acceptors (Lipinski definition) is 3. The number of carbonyl (C=O) groups is 1. The summed E-state index contributed by atoms with van der Waals surface area (Å²) in [6.45, 7) is 2.67. The number of phenols is 1. The highest BCUT2D eigenvalue weighted by Crippen LogP contribution is 2.38. The maximum Gasteiger partial charge on any atom is 0.222 e. The lowest BCUT2D eigenvalue weighted by molar-refractivity contribution is -0.130. The summed E-state index contributed by atoms with van der Waals surface area (Å²) in [5.41, 5.74) is 1.04. The Morgan fingerprint density at radius 3 is 2.62 bits per heavy atom. The van der Waals surface area contributed by atoms with Crippen molar-refractivity contribution < 1.29 is 9.90 Å². The van der Waals surface area contributed by atoms with Crippen molar-refractivity contribution in [2.45, 2.75) is 37.8 Å². The SMILES string of the molecule is CN1C(=O)CCC12CCN(Cc1cccc(O)c1Cl)CC2. The van der Waals surface area contributed by atoms with E-state index < -0.39 is 0 Å². The number of rotatable bonds is 2. The molecule has 1 spiro atoms. The van der Waals surface area contributed by atoms with Gasteiger partial charge in [0.05, 0.1) is 5.02 Å². The summed E-state index contributed by atoms with van der Waals surface area (Å²) in [4.78, 5) is 16.1. The van der Waals surface area contributed by atoms with E-state index in [1.165, 1.54) is 0 Å². The summed E-state index contributed by atoms with van der Waals surface area (Å²) < 4.78 is 0. The Morgan fingerprint density at radius 2 is 2.00 bits per heavy atom. The van der Waals surface area contributed by atoms with Crippen LogP contribution in [0.15, 0.2) is 18.2 Å². The molecule has 0 radical (unpaired) electrons. The third-order valence-corrected chi connectivity index (χ3v) is 5.57. The van der Waals surface area contributed by atoms with Crippen molar-refractivity contribution in [2.75, 3.05) is 20.1 Å². The van der Waals surface area contributed by atoms with Gasteiger partial charge in [0.1, 0.15) is 5.75 Å². The third-order valence-electron chi connectivity index (χ3n) is 5.13. The zero-order valence-corrected chi connectivity index (χ0v) is 13.1. The Bertz CT molecular complexity index is 553. The fraction of sp³-hybridized carbons (Fsp3) is 0.562. The molecule has 114 valence electrons. The van der Waals surface area contributed by atoms with Crippen LogP contribution in [0, 0.1) is 0 Å². The number of phenolic OH excluding ortho intramolecular Hbond substituents is 1. The number of carbonyl (C=O) groups excluding carboxylic acids is 1. The van der Waals surface area contributed by atoms with E-state index in [0.717, 1.165) is 44.5 Å². The van der Waals surface area contributed by atoms with Gasteiger partial charge >= 0.3 is 0 Å². The van der Waals surface area contributed by atoms with Gasteiger partial charge in [0.15, 0.2) is 0 Å². The molecule has 21 heavy (non-hydrogen) atoms. The first kappa shape index (κ1) is 14.7. The van der Waals surface area contributed by atoms with Gasteiger partial charge in [-0.3, -0.25) is 9.69 Å². The number of piperidine rings is 1. The Balaban J connectivity index is 1.64. The standard InChI is InChI=1S/C16H21ClN2O2/c1-18-14(21)5-6-16(18)7-9-19(10-8-16)11-12-3-2-4-13(20)15(12)17/h2-4,20H,5-11H2,1H3. The summed E-state index contributed by atoms with van der Waals surface area (Å²) in [5, 5.41) is 10.1. The van der Waals surface area contributed by atoms with Gasteiger partial charge in [-0.25, -0.2) is 0 Å². The molecule has 2 aliphatic rings. The smallest absolute Gasteiger partial charge is 0.222 e. The van der Waals surface area contributed by atoms with E-state index in [1.54, 1.807) is 6.07 Å². The molecule has 2 aliphatic heterocycles. The molecule has 2 fully saturated rings. The Labute approximate surface area is 130 Å². The van der Waals surface area contributed by atoms with E-state index in [1.807, 2.05) is 24.1 Å². The number of likely N-dealkylation sites (tertiary alicyclic amines) is 2.